The number of halogens is 1. The molecule has 0 aliphatic rings. The highest BCUT2D eigenvalue weighted by molar-refractivity contribution is 5.52. The van der Waals surface area contributed by atoms with Gasteiger partial charge in [0.25, 0.3) is 0 Å². The zero-order valence-electron chi connectivity index (χ0n) is 9.75. The lowest BCUT2D eigenvalue weighted by Gasteiger charge is -2.06. The van der Waals surface area contributed by atoms with Gasteiger partial charge in [0, 0.05) is 18.5 Å². The molecule has 0 bridgehead atoms. The van der Waals surface area contributed by atoms with Gasteiger partial charge in [-0.3, -0.25) is 9.89 Å². The standard InChI is InChI=1S/C13H9FN4O/c14-9-1-3-10(4-2-9)18-8-6-12(19)13(17-18)11-5-7-15-16-11/h1-8H,(H,15,16). The molecule has 0 radical (unpaired) electrons. The maximum Gasteiger partial charge on any atom is 0.209 e. The van der Waals surface area contributed by atoms with Gasteiger partial charge in [-0.15, -0.1) is 0 Å². The number of hydrogen-bond donors (Lipinski definition) is 1. The summed E-state index contributed by atoms with van der Waals surface area (Å²) in [7, 11) is 0. The minimum absolute atomic E-state index is 0.206. The van der Waals surface area contributed by atoms with Crippen LogP contribution >= 0.6 is 0 Å². The van der Waals surface area contributed by atoms with Crippen molar-refractivity contribution < 1.29 is 4.39 Å². The van der Waals surface area contributed by atoms with Crippen molar-refractivity contribution in [2.45, 2.75) is 0 Å². The second-order valence-corrected chi connectivity index (χ2v) is 3.92. The molecule has 0 aliphatic heterocycles. The fourth-order valence-electron chi connectivity index (χ4n) is 1.72. The van der Waals surface area contributed by atoms with Gasteiger partial charge >= 0.3 is 0 Å². The minimum Gasteiger partial charge on any atom is -0.287 e. The van der Waals surface area contributed by atoms with Crippen LogP contribution in [0.4, 0.5) is 4.39 Å². The molecule has 0 saturated heterocycles. The number of nitrogens with zero attached hydrogens (tertiary/aromatic N) is 3. The molecule has 19 heavy (non-hydrogen) atoms. The summed E-state index contributed by atoms with van der Waals surface area (Å²) in [6.07, 6.45) is 3.08. The van der Waals surface area contributed by atoms with E-state index in [-0.39, 0.29) is 16.9 Å². The van der Waals surface area contributed by atoms with Crippen molar-refractivity contribution in [2.75, 3.05) is 0 Å². The molecular formula is C13H9FN4O. The van der Waals surface area contributed by atoms with Gasteiger partial charge in [-0.05, 0) is 30.3 Å². The van der Waals surface area contributed by atoms with E-state index in [1.807, 2.05) is 0 Å². The first-order valence-electron chi connectivity index (χ1n) is 5.60. The summed E-state index contributed by atoms with van der Waals surface area (Å²) in [6, 6.07) is 8.92. The van der Waals surface area contributed by atoms with Crippen molar-refractivity contribution in [3.8, 4) is 17.1 Å². The normalized spacial score (nSPS) is 10.6. The van der Waals surface area contributed by atoms with E-state index >= 15 is 0 Å². The van der Waals surface area contributed by atoms with Gasteiger partial charge in [0.2, 0.25) is 5.43 Å². The maximum absolute atomic E-state index is 12.9. The summed E-state index contributed by atoms with van der Waals surface area (Å²) in [5.41, 5.74) is 1.27. The maximum atomic E-state index is 12.9. The fraction of sp³-hybridized carbons (Fsp3) is 0. The molecule has 0 unspecified atom stereocenters. The number of rotatable bonds is 2. The smallest absolute Gasteiger partial charge is 0.209 e. The SMILES string of the molecule is O=c1ccn(-c2ccc(F)cc2)nc1-c1ccn[nH]1. The van der Waals surface area contributed by atoms with Gasteiger partial charge in [-0.25, -0.2) is 9.07 Å². The molecule has 0 saturated carbocycles. The van der Waals surface area contributed by atoms with Crippen LogP contribution in [0.15, 0.2) is 53.6 Å². The van der Waals surface area contributed by atoms with Gasteiger partial charge in [0.1, 0.15) is 5.82 Å². The Balaban J connectivity index is 2.12. The van der Waals surface area contributed by atoms with E-state index in [0.717, 1.165) is 0 Å². The van der Waals surface area contributed by atoms with Crippen LogP contribution in [0.3, 0.4) is 0 Å². The molecule has 2 aromatic heterocycles. The van der Waals surface area contributed by atoms with Crippen LogP contribution in [0.1, 0.15) is 0 Å². The Labute approximate surface area is 107 Å². The van der Waals surface area contributed by atoms with Crippen molar-refractivity contribution in [1.82, 2.24) is 20.0 Å². The summed E-state index contributed by atoms with van der Waals surface area (Å²) >= 11 is 0. The summed E-state index contributed by atoms with van der Waals surface area (Å²) in [5, 5.41) is 10.7. The lowest BCUT2D eigenvalue weighted by atomic mass is 10.3. The molecule has 2 heterocycles. The molecular weight excluding hydrogens is 247 g/mol. The first-order chi connectivity index (χ1) is 9.24. The first-order valence-corrected chi connectivity index (χ1v) is 5.60. The quantitative estimate of drug-likeness (QED) is 0.759. The summed E-state index contributed by atoms with van der Waals surface area (Å²) in [5.74, 6) is -0.321. The van der Waals surface area contributed by atoms with E-state index in [4.69, 9.17) is 0 Å². The van der Waals surface area contributed by atoms with E-state index in [1.165, 1.54) is 29.1 Å². The van der Waals surface area contributed by atoms with Crippen LogP contribution in [-0.2, 0) is 0 Å². The van der Waals surface area contributed by atoms with Crippen LogP contribution in [0.2, 0.25) is 0 Å². The van der Waals surface area contributed by atoms with Crippen LogP contribution in [0, 0.1) is 5.82 Å². The molecule has 0 fully saturated rings. The second-order valence-electron chi connectivity index (χ2n) is 3.92. The fourth-order valence-corrected chi connectivity index (χ4v) is 1.72. The number of aromatic amines is 1. The first kappa shape index (κ1) is 11.3. The highest BCUT2D eigenvalue weighted by atomic mass is 19.1. The molecule has 6 heteroatoms. The molecule has 5 nitrogen and oxygen atoms in total. The molecule has 94 valence electrons. The lowest BCUT2D eigenvalue weighted by molar-refractivity contribution is 0.627. The third kappa shape index (κ3) is 2.15. The molecule has 0 aliphatic carbocycles. The molecule has 3 rings (SSSR count). The van der Waals surface area contributed by atoms with Gasteiger partial charge in [0.15, 0.2) is 5.69 Å². The highest BCUT2D eigenvalue weighted by Gasteiger charge is 2.07. The second kappa shape index (κ2) is 4.49. The van der Waals surface area contributed by atoms with Crippen molar-refractivity contribution in [3.63, 3.8) is 0 Å². The van der Waals surface area contributed by atoms with E-state index in [9.17, 15) is 9.18 Å². The number of benzene rings is 1. The monoisotopic (exact) mass is 256 g/mol. The zero-order chi connectivity index (χ0) is 13.2. The molecule has 1 aromatic carbocycles. The number of aromatic nitrogens is 4. The lowest BCUT2D eigenvalue weighted by Crippen LogP contribution is -2.12. The molecule has 1 N–H and O–H groups in total. The minimum atomic E-state index is -0.321. The van der Waals surface area contributed by atoms with Crippen molar-refractivity contribution in [2.24, 2.45) is 0 Å². The van der Waals surface area contributed by atoms with E-state index in [1.54, 1.807) is 24.4 Å². The third-order valence-electron chi connectivity index (χ3n) is 2.66. The van der Waals surface area contributed by atoms with Crippen LogP contribution in [0.25, 0.3) is 17.1 Å². The predicted octanol–water partition coefficient (Wildman–Crippen LogP) is 1.76. The average molecular weight is 256 g/mol. The number of nitrogens with one attached hydrogen (secondary N) is 1. The van der Waals surface area contributed by atoms with Crippen molar-refractivity contribution >= 4 is 0 Å². The van der Waals surface area contributed by atoms with Crippen molar-refractivity contribution in [3.05, 3.63) is 64.8 Å². The highest BCUT2D eigenvalue weighted by Crippen LogP contribution is 2.11. The summed E-state index contributed by atoms with van der Waals surface area (Å²) in [6.45, 7) is 0. The van der Waals surface area contributed by atoms with E-state index in [0.29, 0.717) is 11.4 Å². The van der Waals surface area contributed by atoms with Crippen LogP contribution in [-0.4, -0.2) is 20.0 Å². The molecule has 3 aromatic rings. The third-order valence-corrected chi connectivity index (χ3v) is 2.66. The predicted molar refractivity (Wildman–Crippen MR) is 67.4 cm³/mol. The Morgan fingerprint density at radius 3 is 2.58 bits per heavy atom. The molecule has 0 spiro atoms. The molecule has 0 amide bonds. The van der Waals surface area contributed by atoms with Gasteiger partial charge in [-0.1, -0.05) is 0 Å². The van der Waals surface area contributed by atoms with E-state index < -0.39 is 0 Å². The molecule has 0 atom stereocenters. The Hall–Kier alpha value is -2.76. The van der Waals surface area contributed by atoms with Crippen LogP contribution in [0.5, 0.6) is 0 Å². The largest absolute Gasteiger partial charge is 0.287 e. The number of hydrogen-bond acceptors (Lipinski definition) is 3. The van der Waals surface area contributed by atoms with Crippen molar-refractivity contribution in [1.29, 1.82) is 0 Å². The zero-order valence-corrected chi connectivity index (χ0v) is 9.75. The summed E-state index contributed by atoms with van der Waals surface area (Å²) in [4.78, 5) is 11.8. The summed E-state index contributed by atoms with van der Waals surface area (Å²) < 4.78 is 14.4. The number of H-pyrrole nitrogens is 1. The van der Waals surface area contributed by atoms with Crippen LogP contribution < -0.4 is 5.43 Å². The van der Waals surface area contributed by atoms with E-state index in [2.05, 4.69) is 15.3 Å². The van der Waals surface area contributed by atoms with Gasteiger partial charge < -0.3 is 0 Å². The topological polar surface area (TPSA) is 63.6 Å². The van der Waals surface area contributed by atoms with Gasteiger partial charge in [0.05, 0.1) is 11.4 Å². The Morgan fingerprint density at radius 1 is 1.11 bits per heavy atom. The van der Waals surface area contributed by atoms with Gasteiger partial charge in [-0.2, -0.15) is 10.2 Å². The average Bonchev–Trinajstić information content (AvgIpc) is 2.94. The Bertz CT molecular complexity index is 747. The Kier molecular flexibility index (Phi) is 2.68. The Morgan fingerprint density at radius 2 is 1.89 bits per heavy atom.